The molecule has 0 heterocycles. The van der Waals surface area contributed by atoms with E-state index in [1.54, 1.807) is 48.5 Å². The number of anilines is 1. The van der Waals surface area contributed by atoms with Crippen molar-refractivity contribution in [3.05, 3.63) is 94.0 Å². The molecule has 0 aliphatic carbocycles. The fraction of sp³-hybridized carbons (Fsp3) is 0.355. The van der Waals surface area contributed by atoms with Crippen molar-refractivity contribution in [3.8, 4) is 0 Å². The molecule has 9 heteroatoms. The van der Waals surface area contributed by atoms with Crippen LogP contribution in [-0.4, -0.2) is 44.3 Å². The van der Waals surface area contributed by atoms with E-state index in [4.69, 9.17) is 0 Å². The van der Waals surface area contributed by atoms with Gasteiger partial charge in [-0.3, -0.25) is 13.9 Å². The second-order valence-electron chi connectivity index (χ2n) is 10.4. The minimum absolute atomic E-state index is 0.0812. The Morgan fingerprint density at radius 1 is 0.925 bits per heavy atom. The quantitative estimate of drug-likeness (QED) is 0.273. The lowest BCUT2D eigenvalue weighted by atomic mass is 10.1. The smallest absolute Gasteiger partial charge is 0.264 e. The van der Waals surface area contributed by atoms with Gasteiger partial charge in [0.1, 0.15) is 12.6 Å². The lowest BCUT2D eigenvalue weighted by Crippen LogP contribution is -2.52. The third-order valence-corrected chi connectivity index (χ3v) is 8.81. The van der Waals surface area contributed by atoms with E-state index in [-0.39, 0.29) is 23.3 Å². The van der Waals surface area contributed by atoms with Gasteiger partial charge >= 0.3 is 0 Å². The Kier molecular flexibility index (Phi) is 10.9. The zero-order valence-electron chi connectivity index (χ0n) is 23.7. The molecule has 1 N–H and O–H groups in total. The van der Waals surface area contributed by atoms with E-state index in [0.717, 1.165) is 21.0 Å². The second-order valence-corrected chi connectivity index (χ2v) is 13.2. The van der Waals surface area contributed by atoms with Crippen LogP contribution >= 0.6 is 15.9 Å². The average Bonchev–Trinajstić information content (AvgIpc) is 2.91. The molecule has 3 rings (SSSR count). The largest absolute Gasteiger partial charge is 0.354 e. The first kappa shape index (κ1) is 31.4. The summed E-state index contributed by atoms with van der Waals surface area (Å²) in [6, 6.07) is 20.3. The number of hydrogen-bond donors (Lipinski definition) is 1. The highest BCUT2D eigenvalue weighted by atomic mass is 79.9. The molecule has 0 saturated carbocycles. The Morgan fingerprint density at radius 2 is 1.52 bits per heavy atom. The van der Waals surface area contributed by atoms with Gasteiger partial charge in [0.15, 0.2) is 0 Å². The van der Waals surface area contributed by atoms with Crippen molar-refractivity contribution < 1.29 is 18.0 Å². The van der Waals surface area contributed by atoms with Crippen LogP contribution < -0.4 is 9.62 Å². The number of nitrogens with zero attached hydrogens (tertiary/aromatic N) is 2. The monoisotopic (exact) mass is 627 g/mol. The van der Waals surface area contributed by atoms with Gasteiger partial charge in [-0.25, -0.2) is 8.42 Å². The van der Waals surface area contributed by atoms with Gasteiger partial charge in [-0.1, -0.05) is 90.3 Å². The zero-order chi connectivity index (χ0) is 29.4. The lowest BCUT2D eigenvalue weighted by molar-refractivity contribution is -0.140. The summed E-state index contributed by atoms with van der Waals surface area (Å²) in [4.78, 5) is 28.9. The number of nitrogens with one attached hydrogen (secondary N) is 1. The van der Waals surface area contributed by atoms with Crippen LogP contribution in [0.3, 0.4) is 0 Å². The van der Waals surface area contributed by atoms with E-state index in [1.807, 2.05) is 58.9 Å². The number of carbonyl (C=O) groups is 2. The van der Waals surface area contributed by atoms with Crippen molar-refractivity contribution in [2.45, 2.75) is 58.5 Å². The third kappa shape index (κ3) is 8.17. The maximum atomic E-state index is 14.1. The van der Waals surface area contributed by atoms with Gasteiger partial charge < -0.3 is 10.2 Å². The lowest BCUT2D eigenvalue weighted by Gasteiger charge is -2.33. The van der Waals surface area contributed by atoms with Crippen LogP contribution in [0.2, 0.25) is 0 Å². The summed E-state index contributed by atoms with van der Waals surface area (Å²) < 4.78 is 29.6. The van der Waals surface area contributed by atoms with E-state index >= 15 is 0 Å². The van der Waals surface area contributed by atoms with Gasteiger partial charge in [-0.05, 0) is 62.1 Å². The minimum atomic E-state index is -4.10. The van der Waals surface area contributed by atoms with E-state index in [0.29, 0.717) is 23.1 Å². The fourth-order valence-corrected chi connectivity index (χ4v) is 6.02. The molecule has 0 bridgehead atoms. The molecule has 40 heavy (non-hydrogen) atoms. The van der Waals surface area contributed by atoms with Gasteiger partial charge in [0.05, 0.1) is 10.6 Å². The molecule has 3 aromatic carbocycles. The van der Waals surface area contributed by atoms with Crippen LogP contribution in [-0.2, 0) is 26.2 Å². The standard InChI is InChI=1S/C31H38BrN3O4S/c1-6-29(31(37)33-19-22(2)3)34(20-25-14-10-23(4)11-15-25)30(36)21-35(27-9-7-8-26(32)18-27)40(38,39)28-16-12-24(5)13-17-28/h7-18,22,29H,6,19-21H2,1-5H3,(H,33,37). The molecule has 1 atom stereocenters. The van der Waals surface area contributed by atoms with E-state index in [1.165, 1.54) is 4.90 Å². The van der Waals surface area contributed by atoms with Crippen LogP contribution in [0.1, 0.15) is 43.9 Å². The SMILES string of the molecule is CCC(C(=O)NCC(C)C)N(Cc1ccc(C)cc1)C(=O)CN(c1cccc(Br)c1)S(=O)(=O)c1ccc(C)cc1. The van der Waals surface area contributed by atoms with Gasteiger partial charge in [0.2, 0.25) is 11.8 Å². The summed E-state index contributed by atoms with van der Waals surface area (Å²) in [6.07, 6.45) is 0.378. The molecule has 7 nitrogen and oxygen atoms in total. The molecule has 0 radical (unpaired) electrons. The third-order valence-electron chi connectivity index (χ3n) is 6.53. The van der Waals surface area contributed by atoms with Gasteiger partial charge in [-0.15, -0.1) is 0 Å². The Bertz CT molecular complexity index is 1410. The first-order valence-electron chi connectivity index (χ1n) is 13.4. The van der Waals surface area contributed by atoms with Gasteiger partial charge in [0.25, 0.3) is 10.0 Å². The molecule has 0 aliphatic heterocycles. The van der Waals surface area contributed by atoms with Gasteiger partial charge in [-0.2, -0.15) is 0 Å². The summed E-state index contributed by atoms with van der Waals surface area (Å²) in [5.41, 5.74) is 3.19. The molecule has 0 saturated heterocycles. The van der Waals surface area contributed by atoms with Crippen molar-refractivity contribution >= 4 is 43.5 Å². The highest BCUT2D eigenvalue weighted by molar-refractivity contribution is 9.10. The number of aryl methyl sites for hydroxylation is 2. The summed E-state index contributed by atoms with van der Waals surface area (Å²) >= 11 is 3.42. The Morgan fingerprint density at radius 3 is 2.08 bits per heavy atom. The molecule has 0 aromatic heterocycles. The number of carbonyl (C=O) groups excluding carboxylic acids is 2. The van der Waals surface area contributed by atoms with E-state index in [2.05, 4.69) is 21.2 Å². The average molecular weight is 629 g/mol. The molecule has 1 unspecified atom stereocenters. The number of sulfonamides is 1. The van der Waals surface area contributed by atoms with Crippen molar-refractivity contribution in [1.29, 1.82) is 0 Å². The number of amides is 2. The highest BCUT2D eigenvalue weighted by Gasteiger charge is 2.33. The predicted molar refractivity (Wildman–Crippen MR) is 164 cm³/mol. The maximum Gasteiger partial charge on any atom is 0.264 e. The molecule has 0 aliphatic rings. The first-order chi connectivity index (χ1) is 18.9. The van der Waals surface area contributed by atoms with E-state index in [9.17, 15) is 18.0 Å². The fourth-order valence-electron chi connectivity index (χ4n) is 4.23. The summed E-state index contributed by atoms with van der Waals surface area (Å²) in [7, 11) is -4.10. The predicted octanol–water partition coefficient (Wildman–Crippen LogP) is 5.84. The van der Waals surface area contributed by atoms with Crippen LogP contribution in [0.15, 0.2) is 82.2 Å². The second kappa shape index (κ2) is 13.9. The van der Waals surface area contributed by atoms with Crippen molar-refractivity contribution in [2.75, 3.05) is 17.4 Å². The first-order valence-corrected chi connectivity index (χ1v) is 15.6. The zero-order valence-corrected chi connectivity index (χ0v) is 26.1. The number of benzene rings is 3. The van der Waals surface area contributed by atoms with Crippen molar-refractivity contribution in [3.63, 3.8) is 0 Å². The summed E-state index contributed by atoms with van der Waals surface area (Å²) in [6.45, 7) is 9.90. The molecule has 0 fully saturated rings. The minimum Gasteiger partial charge on any atom is -0.354 e. The van der Waals surface area contributed by atoms with Crippen LogP contribution in [0.25, 0.3) is 0 Å². The number of rotatable bonds is 12. The van der Waals surface area contributed by atoms with Crippen LogP contribution in [0.4, 0.5) is 5.69 Å². The Hall–Kier alpha value is -3.17. The van der Waals surface area contributed by atoms with Crippen LogP contribution in [0, 0.1) is 19.8 Å². The Labute approximate surface area is 246 Å². The molecule has 214 valence electrons. The topological polar surface area (TPSA) is 86.8 Å². The van der Waals surface area contributed by atoms with E-state index < -0.39 is 28.5 Å². The maximum absolute atomic E-state index is 14.1. The summed E-state index contributed by atoms with van der Waals surface area (Å²) in [5.74, 6) is -0.482. The highest BCUT2D eigenvalue weighted by Crippen LogP contribution is 2.27. The van der Waals surface area contributed by atoms with Crippen molar-refractivity contribution in [2.24, 2.45) is 5.92 Å². The summed E-state index contributed by atoms with van der Waals surface area (Å²) in [5, 5.41) is 2.95. The number of halogens is 1. The molecular weight excluding hydrogens is 590 g/mol. The van der Waals surface area contributed by atoms with Crippen molar-refractivity contribution in [1.82, 2.24) is 10.2 Å². The molecule has 2 amide bonds. The molecule has 0 spiro atoms. The Balaban J connectivity index is 2.04. The normalized spacial score (nSPS) is 12.2. The van der Waals surface area contributed by atoms with Crippen LogP contribution in [0.5, 0.6) is 0 Å². The molecule has 3 aromatic rings. The van der Waals surface area contributed by atoms with Gasteiger partial charge in [0, 0.05) is 17.6 Å². The number of hydrogen-bond acceptors (Lipinski definition) is 4. The molecular formula is C31H38BrN3O4S.